The largest absolute Gasteiger partial charge is 0.379 e. The molecule has 0 fully saturated rings. The van der Waals surface area contributed by atoms with Crippen molar-refractivity contribution >= 4 is 11.6 Å². The minimum atomic E-state index is -0.854. The Kier molecular flexibility index (Phi) is 4.58. The minimum Gasteiger partial charge on any atom is -0.379 e. The second-order valence-corrected chi connectivity index (χ2v) is 5.83. The van der Waals surface area contributed by atoms with Crippen molar-refractivity contribution < 1.29 is 9.53 Å². The molecule has 0 aliphatic heterocycles. The van der Waals surface area contributed by atoms with Gasteiger partial charge in [0.2, 0.25) is 5.91 Å². The molecule has 1 unspecified atom stereocenters. The summed E-state index contributed by atoms with van der Waals surface area (Å²) in [4.78, 5) is 11.8. The lowest BCUT2D eigenvalue weighted by Gasteiger charge is -2.35. The van der Waals surface area contributed by atoms with Crippen LogP contribution in [0.4, 0.5) is 5.69 Å². The molecule has 3 N–H and O–H groups in total. The molecule has 0 heterocycles. The predicted molar refractivity (Wildman–Crippen MR) is 78.1 cm³/mol. The van der Waals surface area contributed by atoms with Gasteiger partial charge in [-0.1, -0.05) is 12.1 Å². The molecule has 0 aliphatic rings. The summed E-state index contributed by atoms with van der Waals surface area (Å²) in [5, 5.41) is 3.23. The maximum atomic E-state index is 11.8. The first-order chi connectivity index (χ1) is 8.68. The SMILES string of the molecule is COC(C)(C)CC(C)(Nc1cccc(C)c1)C(N)=O. The quantitative estimate of drug-likeness (QED) is 0.829. The zero-order valence-corrected chi connectivity index (χ0v) is 12.4. The van der Waals surface area contributed by atoms with E-state index in [9.17, 15) is 4.79 Å². The van der Waals surface area contributed by atoms with Gasteiger partial charge in [-0.15, -0.1) is 0 Å². The number of amides is 1. The molecule has 1 rings (SSSR count). The molecule has 106 valence electrons. The van der Waals surface area contributed by atoms with Crippen LogP contribution in [0.15, 0.2) is 24.3 Å². The highest BCUT2D eigenvalue weighted by Crippen LogP contribution is 2.27. The van der Waals surface area contributed by atoms with Gasteiger partial charge in [0.15, 0.2) is 0 Å². The molecule has 0 spiro atoms. The number of carbonyl (C=O) groups is 1. The Morgan fingerprint density at radius 1 is 1.37 bits per heavy atom. The zero-order valence-electron chi connectivity index (χ0n) is 12.4. The van der Waals surface area contributed by atoms with Crippen LogP contribution in [0.25, 0.3) is 0 Å². The van der Waals surface area contributed by atoms with Crippen molar-refractivity contribution in [3.8, 4) is 0 Å². The van der Waals surface area contributed by atoms with Gasteiger partial charge in [-0.05, 0) is 45.4 Å². The number of hydrogen-bond acceptors (Lipinski definition) is 3. The number of ether oxygens (including phenoxy) is 1. The van der Waals surface area contributed by atoms with Crippen molar-refractivity contribution in [1.82, 2.24) is 0 Å². The summed E-state index contributed by atoms with van der Waals surface area (Å²) in [5.41, 5.74) is 6.29. The first-order valence-electron chi connectivity index (χ1n) is 6.38. The molecule has 0 radical (unpaired) electrons. The average molecular weight is 264 g/mol. The summed E-state index contributed by atoms with van der Waals surface area (Å²) in [6.07, 6.45) is 0.486. The Balaban J connectivity index is 2.97. The van der Waals surface area contributed by atoms with Gasteiger partial charge in [-0.3, -0.25) is 4.79 Å². The highest BCUT2D eigenvalue weighted by atomic mass is 16.5. The molecule has 0 saturated carbocycles. The first-order valence-corrected chi connectivity index (χ1v) is 6.38. The van der Waals surface area contributed by atoms with Gasteiger partial charge in [0, 0.05) is 19.2 Å². The minimum absolute atomic E-state index is 0.390. The monoisotopic (exact) mass is 264 g/mol. The van der Waals surface area contributed by atoms with Crippen LogP contribution in [0.1, 0.15) is 32.8 Å². The summed E-state index contributed by atoms with van der Waals surface area (Å²) in [6, 6.07) is 7.86. The van der Waals surface area contributed by atoms with E-state index in [1.54, 1.807) is 14.0 Å². The maximum Gasteiger partial charge on any atom is 0.242 e. The number of rotatable bonds is 6. The number of hydrogen-bond donors (Lipinski definition) is 2. The molecule has 0 saturated heterocycles. The summed E-state index contributed by atoms with van der Waals surface area (Å²) in [6.45, 7) is 7.68. The highest BCUT2D eigenvalue weighted by molar-refractivity contribution is 5.87. The van der Waals surface area contributed by atoms with Crippen molar-refractivity contribution in [2.45, 2.75) is 45.3 Å². The van der Waals surface area contributed by atoms with E-state index in [2.05, 4.69) is 5.32 Å². The van der Waals surface area contributed by atoms with Crippen molar-refractivity contribution in [3.63, 3.8) is 0 Å². The van der Waals surface area contributed by atoms with Gasteiger partial charge >= 0.3 is 0 Å². The summed E-state index contributed by atoms with van der Waals surface area (Å²) >= 11 is 0. The fourth-order valence-corrected chi connectivity index (χ4v) is 2.16. The number of nitrogens with two attached hydrogens (primary N) is 1. The van der Waals surface area contributed by atoms with E-state index in [1.165, 1.54) is 0 Å². The molecule has 1 atom stereocenters. The number of methoxy groups -OCH3 is 1. The number of anilines is 1. The lowest BCUT2D eigenvalue weighted by molar-refractivity contribution is -0.124. The van der Waals surface area contributed by atoms with E-state index in [-0.39, 0.29) is 5.91 Å². The zero-order chi connectivity index (χ0) is 14.7. The molecule has 0 aromatic heterocycles. The molecule has 0 bridgehead atoms. The van der Waals surface area contributed by atoms with Crippen LogP contribution in [0.2, 0.25) is 0 Å². The lowest BCUT2D eigenvalue weighted by Crippen LogP contribution is -2.52. The lowest BCUT2D eigenvalue weighted by atomic mass is 9.86. The topological polar surface area (TPSA) is 64.3 Å². The molecule has 4 heteroatoms. The Morgan fingerprint density at radius 3 is 2.47 bits per heavy atom. The average Bonchev–Trinajstić information content (AvgIpc) is 2.28. The second kappa shape index (κ2) is 5.61. The molecule has 1 aromatic carbocycles. The molecule has 0 aliphatic carbocycles. The van der Waals surface area contributed by atoms with Crippen LogP contribution in [0.5, 0.6) is 0 Å². The van der Waals surface area contributed by atoms with Crippen LogP contribution < -0.4 is 11.1 Å². The van der Waals surface area contributed by atoms with Gasteiger partial charge in [0.1, 0.15) is 5.54 Å². The third-order valence-electron chi connectivity index (χ3n) is 3.31. The highest BCUT2D eigenvalue weighted by Gasteiger charge is 2.37. The second-order valence-electron chi connectivity index (χ2n) is 5.83. The van der Waals surface area contributed by atoms with Gasteiger partial charge in [-0.25, -0.2) is 0 Å². The van der Waals surface area contributed by atoms with Gasteiger partial charge < -0.3 is 15.8 Å². The normalized spacial score (nSPS) is 14.8. The fraction of sp³-hybridized carbons (Fsp3) is 0.533. The van der Waals surface area contributed by atoms with E-state index in [0.717, 1.165) is 11.3 Å². The summed E-state index contributed by atoms with van der Waals surface area (Å²) < 4.78 is 5.40. The van der Waals surface area contributed by atoms with Crippen LogP contribution in [0.3, 0.4) is 0 Å². The summed E-state index contributed by atoms with van der Waals surface area (Å²) in [7, 11) is 1.63. The fourth-order valence-electron chi connectivity index (χ4n) is 2.16. The van der Waals surface area contributed by atoms with E-state index < -0.39 is 11.1 Å². The Morgan fingerprint density at radius 2 is 2.00 bits per heavy atom. The van der Waals surface area contributed by atoms with Gasteiger partial charge in [0.25, 0.3) is 0 Å². The van der Waals surface area contributed by atoms with Crippen LogP contribution in [-0.2, 0) is 9.53 Å². The van der Waals surface area contributed by atoms with Gasteiger partial charge in [0.05, 0.1) is 5.60 Å². The number of primary amides is 1. The van der Waals surface area contributed by atoms with Crippen molar-refractivity contribution in [1.29, 1.82) is 0 Å². The van der Waals surface area contributed by atoms with Crippen molar-refractivity contribution in [2.75, 3.05) is 12.4 Å². The standard InChI is InChI=1S/C15H24N2O2/c1-11-7-6-8-12(9-11)17-15(4,13(16)18)10-14(2,3)19-5/h6-9,17H,10H2,1-5H3,(H2,16,18). The molecule has 1 aromatic rings. The number of benzene rings is 1. The number of aryl methyl sites for hydroxylation is 1. The van der Waals surface area contributed by atoms with E-state index in [1.807, 2.05) is 45.0 Å². The van der Waals surface area contributed by atoms with Crippen molar-refractivity contribution in [3.05, 3.63) is 29.8 Å². The molecule has 19 heavy (non-hydrogen) atoms. The summed E-state index contributed by atoms with van der Waals surface area (Å²) in [5.74, 6) is -0.390. The Bertz CT molecular complexity index is 457. The predicted octanol–water partition coefficient (Wildman–Crippen LogP) is 2.47. The molecular formula is C15H24N2O2. The molecule has 1 amide bonds. The third-order valence-corrected chi connectivity index (χ3v) is 3.31. The molecular weight excluding hydrogens is 240 g/mol. The number of nitrogens with one attached hydrogen (secondary N) is 1. The Hall–Kier alpha value is -1.55. The van der Waals surface area contributed by atoms with E-state index in [0.29, 0.717) is 6.42 Å². The van der Waals surface area contributed by atoms with Crippen molar-refractivity contribution in [2.24, 2.45) is 5.73 Å². The van der Waals surface area contributed by atoms with Crippen LogP contribution >= 0.6 is 0 Å². The first kappa shape index (κ1) is 15.5. The smallest absolute Gasteiger partial charge is 0.242 e. The molecule has 4 nitrogen and oxygen atoms in total. The maximum absolute atomic E-state index is 11.8. The van der Waals surface area contributed by atoms with Crippen LogP contribution in [-0.4, -0.2) is 24.2 Å². The Labute approximate surface area is 115 Å². The third kappa shape index (κ3) is 4.24. The number of carbonyl (C=O) groups excluding carboxylic acids is 1. The van der Waals surface area contributed by atoms with E-state index >= 15 is 0 Å². The van der Waals surface area contributed by atoms with Gasteiger partial charge in [-0.2, -0.15) is 0 Å². The van der Waals surface area contributed by atoms with Crippen LogP contribution in [0, 0.1) is 6.92 Å². The van der Waals surface area contributed by atoms with E-state index in [4.69, 9.17) is 10.5 Å².